The molecule has 4 heteroatoms. The van der Waals surface area contributed by atoms with Gasteiger partial charge in [0.15, 0.2) is 0 Å². The number of hydrogen-bond acceptors (Lipinski definition) is 4. The first kappa shape index (κ1) is 20.2. The molecule has 4 aliphatic carbocycles. The van der Waals surface area contributed by atoms with Crippen LogP contribution in [0.1, 0.15) is 90.9 Å². The van der Waals surface area contributed by atoms with Gasteiger partial charge in [-0.25, -0.2) is 0 Å². The third kappa shape index (κ3) is 3.50. The highest BCUT2D eigenvalue weighted by Crippen LogP contribution is 2.66. The lowest BCUT2D eigenvalue weighted by molar-refractivity contribution is -0.163. The van der Waals surface area contributed by atoms with Crippen molar-refractivity contribution in [1.82, 2.24) is 0 Å². The summed E-state index contributed by atoms with van der Waals surface area (Å²) in [5.41, 5.74) is 1.05. The van der Waals surface area contributed by atoms with E-state index in [1.165, 1.54) is 58.5 Å². The fourth-order valence-corrected chi connectivity index (χ4v) is 7.87. The zero-order valence-electron chi connectivity index (χ0n) is 18.0. The molecule has 4 nitrogen and oxygen atoms in total. The lowest BCUT2D eigenvalue weighted by atomic mass is 9.45. The SMILES string of the molecule is COC(=O)CCC(=O)O[C@@H]1CC[C@@]2(C)[C@@H](CC[C@@H]3[C@H]2CC[C@]2(C)CCC[C@@H]32)C1. The Hall–Kier alpha value is -1.06. The first-order valence-electron chi connectivity index (χ1n) is 11.6. The summed E-state index contributed by atoms with van der Waals surface area (Å²) in [6.45, 7) is 5.13. The van der Waals surface area contributed by atoms with Crippen molar-refractivity contribution in [2.45, 2.75) is 97.0 Å². The van der Waals surface area contributed by atoms with E-state index in [4.69, 9.17) is 4.74 Å². The highest BCUT2D eigenvalue weighted by Gasteiger charge is 2.58. The van der Waals surface area contributed by atoms with E-state index in [0.29, 0.717) is 16.7 Å². The van der Waals surface area contributed by atoms with E-state index in [9.17, 15) is 9.59 Å². The molecule has 4 aliphatic rings. The molecule has 28 heavy (non-hydrogen) atoms. The second kappa shape index (κ2) is 7.65. The van der Waals surface area contributed by atoms with Gasteiger partial charge in [0, 0.05) is 0 Å². The van der Waals surface area contributed by atoms with Crippen LogP contribution < -0.4 is 0 Å². The molecule has 0 bridgehead atoms. The fraction of sp³-hybridized carbons (Fsp3) is 0.917. The molecule has 0 saturated heterocycles. The van der Waals surface area contributed by atoms with Crippen LogP contribution in [0.4, 0.5) is 0 Å². The maximum Gasteiger partial charge on any atom is 0.306 e. The number of rotatable bonds is 4. The van der Waals surface area contributed by atoms with Crippen molar-refractivity contribution in [3.8, 4) is 0 Å². The lowest BCUT2D eigenvalue weighted by Crippen LogP contribution is -2.53. The first-order valence-corrected chi connectivity index (χ1v) is 11.6. The van der Waals surface area contributed by atoms with Gasteiger partial charge in [-0.05, 0) is 92.3 Å². The van der Waals surface area contributed by atoms with Crippen molar-refractivity contribution in [2.24, 2.45) is 34.5 Å². The van der Waals surface area contributed by atoms with Crippen molar-refractivity contribution >= 4 is 11.9 Å². The normalized spacial score (nSPS) is 44.8. The maximum atomic E-state index is 12.1. The number of carbonyl (C=O) groups is 2. The summed E-state index contributed by atoms with van der Waals surface area (Å²) in [5, 5.41) is 0. The van der Waals surface area contributed by atoms with Gasteiger partial charge >= 0.3 is 11.9 Å². The predicted octanol–water partition coefficient (Wildman–Crippen LogP) is 5.28. The molecule has 4 rings (SSSR count). The third-order valence-electron chi connectivity index (χ3n) is 9.46. The largest absolute Gasteiger partial charge is 0.469 e. The van der Waals surface area contributed by atoms with Crippen LogP contribution >= 0.6 is 0 Å². The second-order valence-corrected chi connectivity index (χ2v) is 10.7. The van der Waals surface area contributed by atoms with E-state index in [0.717, 1.165) is 30.6 Å². The number of carbonyl (C=O) groups excluding carboxylic acids is 2. The van der Waals surface area contributed by atoms with Gasteiger partial charge in [-0.2, -0.15) is 0 Å². The minimum Gasteiger partial charge on any atom is -0.469 e. The van der Waals surface area contributed by atoms with E-state index in [1.807, 2.05) is 0 Å². The molecule has 0 amide bonds. The van der Waals surface area contributed by atoms with E-state index in [-0.39, 0.29) is 30.9 Å². The van der Waals surface area contributed by atoms with Gasteiger partial charge in [-0.1, -0.05) is 20.3 Å². The Labute approximate surface area is 170 Å². The van der Waals surface area contributed by atoms with E-state index in [1.54, 1.807) is 0 Å². The van der Waals surface area contributed by atoms with Gasteiger partial charge in [-0.3, -0.25) is 9.59 Å². The van der Waals surface area contributed by atoms with Gasteiger partial charge in [0.25, 0.3) is 0 Å². The van der Waals surface area contributed by atoms with Crippen LogP contribution in [0.2, 0.25) is 0 Å². The number of methoxy groups -OCH3 is 1. The van der Waals surface area contributed by atoms with E-state index < -0.39 is 0 Å². The second-order valence-electron chi connectivity index (χ2n) is 10.7. The van der Waals surface area contributed by atoms with Crippen LogP contribution in [-0.2, 0) is 19.1 Å². The summed E-state index contributed by atoms with van der Waals surface area (Å²) in [6, 6.07) is 0. The standard InChI is InChI=1S/C24H38O4/c1-23-12-4-5-19(23)18-7-6-16-15-17(28-22(26)9-8-21(25)27-3)10-14-24(16,2)20(18)11-13-23/h16-20H,4-15H2,1-3H3/t16-,17+,18-,19-,20+,23-,24-/m0/s1. The van der Waals surface area contributed by atoms with Crippen LogP contribution in [0, 0.1) is 34.5 Å². The zero-order valence-corrected chi connectivity index (χ0v) is 18.0. The summed E-state index contributed by atoms with van der Waals surface area (Å²) in [6.07, 6.45) is 13.4. The molecular formula is C24H38O4. The van der Waals surface area contributed by atoms with Crippen molar-refractivity contribution in [3.63, 3.8) is 0 Å². The molecule has 0 aromatic heterocycles. The minimum absolute atomic E-state index is 0.0418. The Morgan fingerprint density at radius 2 is 1.68 bits per heavy atom. The van der Waals surface area contributed by atoms with Gasteiger partial charge in [-0.15, -0.1) is 0 Å². The molecule has 0 spiro atoms. The summed E-state index contributed by atoms with van der Waals surface area (Å²) in [4.78, 5) is 23.4. The molecule has 4 saturated carbocycles. The molecule has 0 unspecified atom stereocenters. The molecule has 4 fully saturated rings. The smallest absolute Gasteiger partial charge is 0.306 e. The van der Waals surface area contributed by atoms with Crippen LogP contribution in [0.3, 0.4) is 0 Å². The monoisotopic (exact) mass is 390 g/mol. The highest BCUT2D eigenvalue weighted by atomic mass is 16.5. The molecule has 0 heterocycles. The lowest BCUT2D eigenvalue weighted by Gasteiger charge is -2.60. The van der Waals surface area contributed by atoms with Crippen LogP contribution in [0.15, 0.2) is 0 Å². The summed E-state index contributed by atoms with van der Waals surface area (Å²) >= 11 is 0. The molecule has 7 atom stereocenters. The number of hydrogen-bond donors (Lipinski definition) is 0. The molecule has 0 aliphatic heterocycles. The average molecular weight is 391 g/mol. The maximum absolute atomic E-state index is 12.1. The molecule has 0 aromatic rings. The van der Waals surface area contributed by atoms with Gasteiger partial charge in [0.05, 0.1) is 20.0 Å². The van der Waals surface area contributed by atoms with E-state index in [2.05, 4.69) is 18.6 Å². The highest BCUT2D eigenvalue weighted by molar-refractivity contribution is 5.77. The zero-order chi connectivity index (χ0) is 19.9. The molecule has 0 aromatic carbocycles. The summed E-state index contributed by atoms with van der Waals surface area (Å²) in [5.74, 6) is 2.86. The number of esters is 2. The Bertz CT molecular complexity index is 616. The van der Waals surface area contributed by atoms with Gasteiger partial charge in [0.2, 0.25) is 0 Å². The van der Waals surface area contributed by atoms with E-state index >= 15 is 0 Å². The molecule has 0 N–H and O–H groups in total. The summed E-state index contributed by atoms with van der Waals surface area (Å²) < 4.78 is 10.4. The van der Waals surface area contributed by atoms with Crippen molar-refractivity contribution in [3.05, 3.63) is 0 Å². The van der Waals surface area contributed by atoms with Crippen molar-refractivity contribution in [2.75, 3.05) is 7.11 Å². The minimum atomic E-state index is -0.345. The predicted molar refractivity (Wildman–Crippen MR) is 107 cm³/mol. The van der Waals surface area contributed by atoms with Crippen LogP contribution in [0.5, 0.6) is 0 Å². The average Bonchev–Trinajstić information content (AvgIpc) is 3.08. The Balaban J connectivity index is 1.37. The summed E-state index contributed by atoms with van der Waals surface area (Å²) in [7, 11) is 1.35. The van der Waals surface area contributed by atoms with Crippen LogP contribution in [0.25, 0.3) is 0 Å². The quantitative estimate of drug-likeness (QED) is 0.613. The Morgan fingerprint density at radius 1 is 0.893 bits per heavy atom. The van der Waals surface area contributed by atoms with Crippen molar-refractivity contribution < 1.29 is 19.1 Å². The molecular weight excluding hydrogens is 352 g/mol. The Kier molecular flexibility index (Phi) is 5.52. The molecule has 0 radical (unpaired) electrons. The van der Waals surface area contributed by atoms with Gasteiger partial charge in [0.1, 0.15) is 6.10 Å². The van der Waals surface area contributed by atoms with Crippen molar-refractivity contribution in [1.29, 1.82) is 0 Å². The number of fused-ring (bicyclic) bond motifs is 5. The third-order valence-corrected chi connectivity index (χ3v) is 9.46. The number of ether oxygens (including phenoxy) is 2. The Morgan fingerprint density at radius 3 is 2.46 bits per heavy atom. The fourth-order valence-electron chi connectivity index (χ4n) is 7.87. The van der Waals surface area contributed by atoms with Crippen LogP contribution in [-0.4, -0.2) is 25.2 Å². The molecule has 158 valence electrons. The first-order chi connectivity index (χ1) is 13.4. The topological polar surface area (TPSA) is 52.6 Å². The van der Waals surface area contributed by atoms with Gasteiger partial charge < -0.3 is 9.47 Å².